The molecule has 0 aliphatic heterocycles. The number of nitrogens with two attached hydrogens (primary N) is 2. The van der Waals surface area contributed by atoms with Crippen molar-refractivity contribution in [2.45, 2.75) is 31.6 Å². The lowest BCUT2D eigenvalue weighted by molar-refractivity contribution is -0.155. The summed E-state index contributed by atoms with van der Waals surface area (Å²) in [4.78, 5) is 22.1. The van der Waals surface area contributed by atoms with Gasteiger partial charge in [0, 0.05) is 13.0 Å². The molecule has 2 atom stereocenters. The smallest absolute Gasteiger partial charge is 0.309 e. The van der Waals surface area contributed by atoms with Crippen LogP contribution < -0.4 is 11.5 Å². The molecule has 0 aliphatic rings. The van der Waals surface area contributed by atoms with Crippen LogP contribution in [0.1, 0.15) is 19.3 Å². The Morgan fingerprint density at radius 3 is 2.00 bits per heavy atom. The molecule has 8 nitrogen and oxygen atoms in total. The lowest BCUT2D eigenvalue weighted by atomic mass is 10.2. The summed E-state index contributed by atoms with van der Waals surface area (Å²) in [6.07, 6.45) is -1.85. The van der Waals surface area contributed by atoms with E-state index in [4.69, 9.17) is 31.2 Å². The first-order valence-electron chi connectivity index (χ1n) is 5.59. The standard InChI is InChI=1S/C10H20N2O6/c11-6-7(17-9(15)1-3-13)5-8(12)18-10(16)2-4-14/h7-8,13-14H,1-6,11-12H2. The van der Waals surface area contributed by atoms with Crippen LogP contribution in [0, 0.1) is 0 Å². The Hall–Kier alpha value is -1.22. The molecule has 0 saturated carbocycles. The highest BCUT2D eigenvalue weighted by atomic mass is 16.6. The number of hydrogen-bond donors (Lipinski definition) is 4. The van der Waals surface area contributed by atoms with E-state index in [2.05, 4.69) is 0 Å². The van der Waals surface area contributed by atoms with Crippen molar-refractivity contribution in [3.8, 4) is 0 Å². The third kappa shape index (κ3) is 7.96. The number of carbonyl (C=O) groups is 2. The molecule has 0 aromatic carbocycles. The summed E-state index contributed by atoms with van der Waals surface area (Å²) in [5, 5.41) is 17.0. The molecule has 0 bridgehead atoms. The van der Waals surface area contributed by atoms with Crippen LogP contribution in [0.15, 0.2) is 0 Å². The van der Waals surface area contributed by atoms with E-state index >= 15 is 0 Å². The van der Waals surface area contributed by atoms with Crippen molar-refractivity contribution in [2.75, 3.05) is 19.8 Å². The lowest BCUT2D eigenvalue weighted by Crippen LogP contribution is -2.37. The average Bonchev–Trinajstić information content (AvgIpc) is 2.28. The predicted octanol–water partition coefficient (Wildman–Crippen LogP) is -2.16. The van der Waals surface area contributed by atoms with Crippen LogP contribution >= 0.6 is 0 Å². The SMILES string of the molecule is NCC(CC(N)OC(=O)CCO)OC(=O)CCO. The minimum Gasteiger partial charge on any atom is -0.461 e. The maximum atomic E-state index is 11.1. The van der Waals surface area contributed by atoms with Crippen molar-refractivity contribution in [2.24, 2.45) is 11.5 Å². The molecule has 0 rings (SSSR count). The molecular weight excluding hydrogens is 244 g/mol. The van der Waals surface area contributed by atoms with Gasteiger partial charge in [0.25, 0.3) is 0 Å². The molecule has 2 unspecified atom stereocenters. The van der Waals surface area contributed by atoms with Crippen molar-refractivity contribution in [3.05, 3.63) is 0 Å². The van der Waals surface area contributed by atoms with Crippen LogP contribution in [-0.2, 0) is 19.1 Å². The second-order valence-corrected chi connectivity index (χ2v) is 3.56. The molecule has 0 spiro atoms. The molecule has 0 saturated heterocycles. The Morgan fingerprint density at radius 1 is 1.06 bits per heavy atom. The normalized spacial score (nSPS) is 13.8. The Kier molecular flexibility index (Phi) is 9.11. The van der Waals surface area contributed by atoms with Gasteiger partial charge in [-0.05, 0) is 0 Å². The summed E-state index contributed by atoms with van der Waals surface area (Å²) >= 11 is 0. The summed E-state index contributed by atoms with van der Waals surface area (Å²) in [5.74, 6) is -1.23. The molecule has 6 N–H and O–H groups in total. The van der Waals surface area contributed by atoms with Gasteiger partial charge in [0.05, 0.1) is 26.1 Å². The summed E-state index contributed by atoms with van der Waals surface area (Å²) in [6.45, 7) is -0.604. The number of ether oxygens (including phenoxy) is 2. The molecule has 0 aliphatic carbocycles. The van der Waals surface area contributed by atoms with Crippen LogP contribution in [0.25, 0.3) is 0 Å². The molecule has 8 heteroatoms. The van der Waals surface area contributed by atoms with Crippen molar-refractivity contribution in [3.63, 3.8) is 0 Å². The molecule has 0 fully saturated rings. The van der Waals surface area contributed by atoms with Gasteiger partial charge in [-0.3, -0.25) is 15.3 Å². The van der Waals surface area contributed by atoms with Crippen LogP contribution in [0.2, 0.25) is 0 Å². The predicted molar refractivity (Wildman–Crippen MR) is 61.0 cm³/mol. The van der Waals surface area contributed by atoms with E-state index in [0.29, 0.717) is 0 Å². The Morgan fingerprint density at radius 2 is 1.56 bits per heavy atom. The van der Waals surface area contributed by atoms with Gasteiger partial charge >= 0.3 is 11.9 Å². The monoisotopic (exact) mass is 264 g/mol. The van der Waals surface area contributed by atoms with E-state index in [0.717, 1.165) is 0 Å². The molecule has 0 radical (unpaired) electrons. The highest BCUT2D eigenvalue weighted by molar-refractivity contribution is 5.70. The summed E-state index contributed by atoms with van der Waals surface area (Å²) < 4.78 is 9.65. The van der Waals surface area contributed by atoms with Gasteiger partial charge in [0.2, 0.25) is 0 Å². The molecule has 18 heavy (non-hydrogen) atoms. The van der Waals surface area contributed by atoms with E-state index in [1.165, 1.54) is 0 Å². The second-order valence-electron chi connectivity index (χ2n) is 3.56. The first-order valence-corrected chi connectivity index (χ1v) is 5.59. The Bertz CT molecular complexity index is 261. The van der Waals surface area contributed by atoms with Crippen molar-refractivity contribution in [1.82, 2.24) is 0 Å². The second kappa shape index (κ2) is 9.77. The third-order valence-electron chi connectivity index (χ3n) is 1.97. The van der Waals surface area contributed by atoms with Crippen LogP contribution in [0.3, 0.4) is 0 Å². The maximum absolute atomic E-state index is 11.1. The van der Waals surface area contributed by atoms with Gasteiger partial charge in [-0.1, -0.05) is 0 Å². The number of aliphatic hydroxyl groups is 2. The number of hydrogen-bond acceptors (Lipinski definition) is 8. The molecular formula is C10H20N2O6. The first-order chi connectivity index (χ1) is 8.53. The Labute approximate surface area is 105 Å². The maximum Gasteiger partial charge on any atom is 0.309 e. The van der Waals surface area contributed by atoms with Gasteiger partial charge in [-0.15, -0.1) is 0 Å². The van der Waals surface area contributed by atoms with E-state index in [-0.39, 0.29) is 39.0 Å². The quantitative estimate of drug-likeness (QED) is 0.272. The van der Waals surface area contributed by atoms with Crippen molar-refractivity contribution < 1.29 is 29.3 Å². The fourth-order valence-electron chi connectivity index (χ4n) is 1.15. The fourth-order valence-corrected chi connectivity index (χ4v) is 1.15. The van der Waals surface area contributed by atoms with Gasteiger partial charge in [-0.2, -0.15) is 0 Å². The van der Waals surface area contributed by atoms with Gasteiger partial charge < -0.3 is 25.4 Å². The zero-order chi connectivity index (χ0) is 14.0. The topological polar surface area (TPSA) is 145 Å². The number of esters is 2. The van der Waals surface area contributed by atoms with E-state index < -0.39 is 24.3 Å². The molecule has 0 amide bonds. The van der Waals surface area contributed by atoms with Crippen LogP contribution in [0.4, 0.5) is 0 Å². The average molecular weight is 264 g/mol. The van der Waals surface area contributed by atoms with Crippen LogP contribution in [0.5, 0.6) is 0 Å². The zero-order valence-electron chi connectivity index (χ0n) is 10.1. The summed E-state index contributed by atoms with van der Waals surface area (Å²) in [5.41, 5.74) is 10.9. The lowest BCUT2D eigenvalue weighted by Gasteiger charge is -2.20. The van der Waals surface area contributed by atoms with Crippen LogP contribution in [-0.4, -0.2) is 54.2 Å². The van der Waals surface area contributed by atoms with Crippen molar-refractivity contribution >= 4 is 11.9 Å². The third-order valence-corrected chi connectivity index (χ3v) is 1.97. The summed E-state index contributed by atoms with van der Waals surface area (Å²) in [7, 11) is 0. The van der Waals surface area contributed by atoms with Crippen molar-refractivity contribution in [1.29, 1.82) is 0 Å². The van der Waals surface area contributed by atoms with E-state index in [9.17, 15) is 9.59 Å². The van der Waals surface area contributed by atoms with Gasteiger partial charge in [0.1, 0.15) is 6.10 Å². The van der Waals surface area contributed by atoms with Gasteiger partial charge in [0.15, 0.2) is 6.23 Å². The fraction of sp³-hybridized carbons (Fsp3) is 0.800. The number of aliphatic hydroxyl groups excluding tert-OH is 2. The summed E-state index contributed by atoms with van der Waals surface area (Å²) in [6, 6.07) is 0. The van der Waals surface area contributed by atoms with E-state index in [1.807, 2.05) is 0 Å². The molecule has 0 aromatic heterocycles. The first kappa shape index (κ1) is 16.8. The highest BCUT2D eigenvalue weighted by Crippen LogP contribution is 2.04. The molecule has 106 valence electrons. The molecule has 0 heterocycles. The Balaban J connectivity index is 4.03. The van der Waals surface area contributed by atoms with E-state index in [1.54, 1.807) is 0 Å². The van der Waals surface area contributed by atoms with Gasteiger partial charge in [-0.25, -0.2) is 0 Å². The largest absolute Gasteiger partial charge is 0.461 e. The molecule has 0 aromatic rings. The minimum absolute atomic E-state index is 0.0302. The highest BCUT2D eigenvalue weighted by Gasteiger charge is 2.19. The zero-order valence-corrected chi connectivity index (χ0v) is 10.1. The minimum atomic E-state index is -0.959. The number of rotatable bonds is 9. The number of carbonyl (C=O) groups excluding carboxylic acids is 2.